The number of nitrogens with one attached hydrogen (secondary N) is 1. The molecule has 1 aromatic carbocycles. The standard InChI is InChI=1S/C15H14F3NO4/c16-15(17,18)7-2-1-3-8(6-7)19-13(20)11-9-4-5-10(23-9)12(11)14(21)22/h1-3,6,9-12H,4-5H2,(H,19,20)(H,21,22)/p-1/t9-,10+,11+,12-/m1/s1. The van der Waals surface area contributed by atoms with E-state index in [1.54, 1.807) is 0 Å². The van der Waals surface area contributed by atoms with Crippen molar-refractivity contribution in [3.8, 4) is 0 Å². The van der Waals surface area contributed by atoms with Gasteiger partial charge in [0, 0.05) is 17.6 Å². The average Bonchev–Trinajstić information content (AvgIpc) is 3.07. The van der Waals surface area contributed by atoms with Gasteiger partial charge in [0.1, 0.15) is 0 Å². The number of alkyl halides is 3. The number of anilines is 1. The number of fused-ring (bicyclic) bond motifs is 2. The maximum Gasteiger partial charge on any atom is 0.416 e. The molecule has 0 radical (unpaired) electrons. The van der Waals surface area contributed by atoms with Crippen molar-refractivity contribution in [3.63, 3.8) is 0 Å². The minimum absolute atomic E-state index is 0.0373. The molecule has 8 heteroatoms. The summed E-state index contributed by atoms with van der Waals surface area (Å²) in [4.78, 5) is 23.5. The number of carboxylic acid groups (broad SMARTS) is 1. The summed E-state index contributed by atoms with van der Waals surface area (Å²) in [5, 5.41) is 13.6. The molecular formula is C15H13F3NO4-. The van der Waals surface area contributed by atoms with E-state index in [4.69, 9.17) is 4.74 Å². The number of carbonyl (C=O) groups excluding carboxylic acids is 2. The van der Waals surface area contributed by atoms with Crippen LogP contribution >= 0.6 is 0 Å². The number of hydrogen-bond donors (Lipinski definition) is 1. The predicted molar refractivity (Wildman–Crippen MR) is 70.0 cm³/mol. The van der Waals surface area contributed by atoms with Crippen molar-refractivity contribution in [1.82, 2.24) is 0 Å². The number of carbonyl (C=O) groups is 2. The molecule has 0 unspecified atom stereocenters. The third-order valence-corrected chi connectivity index (χ3v) is 4.31. The van der Waals surface area contributed by atoms with Crippen LogP contribution in [0.3, 0.4) is 0 Å². The van der Waals surface area contributed by atoms with Crippen LogP contribution in [0.1, 0.15) is 18.4 Å². The fourth-order valence-electron chi connectivity index (χ4n) is 3.31. The van der Waals surface area contributed by atoms with Gasteiger partial charge in [0.15, 0.2) is 0 Å². The van der Waals surface area contributed by atoms with Gasteiger partial charge in [-0.15, -0.1) is 0 Å². The summed E-state index contributed by atoms with van der Waals surface area (Å²) in [6.07, 6.45) is -4.54. The van der Waals surface area contributed by atoms with E-state index in [-0.39, 0.29) is 5.69 Å². The zero-order valence-corrected chi connectivity index (χ0v) is 11.8. The van der Waals surface area contributed by atoms with Crippen molar-refractivity contribution in [3.05, 3.63) is 29.8 Å². The zero-order chi connectivity index (χ0) is 16.8. The largest absolute Gasteiger partial charge is 0.550 e. The van der Waals surface area contributed by atoms with E-state index >= 15 is 0 Å². The number of aliphatic carboxylic acids is 1. The Hall–Kier alpha value is -2.09. The number of rotatable bonds is 3. The van der Waals surface area contributed by atoms with E-state index in [2.05, 4.69) is 5.32 Å². The van der Waals surface area contributed by atoms with Crippen molar-refractivity contribution in [2.45, 2.75) is 31.2 Å². The Morgan fingerprint density at radius 1 is 1.17 bits per heavy atom. The topological polar surface area (TPSA) is 78.5 Å². The highest BCUT2D eigenvalue weighted by Gasteiger charge is 2.52. The van der Waals surface area contributed by atoms with Gasteiger partial charge >= 0.3 is 6.18 Å². The molecule has 2 saturated heterocycles. The van der Waals surface area contributed by atoms with Crippen LogP contribution in [0.25, 0.3) is 0 Å². The summed E-state index contributed by atoms with van der Waals surface area (Å²) in [5.41, 5.74) is -0.930. The molecule has 2 aliphatic heterocycles. The van der Waals surface area contributed by atoms with E-state index in [1.807, 2.05) is 0 Å². The van der Waals surface area contributed by atoms with Gasteiger partial charge in [0.25, 0.3) is 0 Å². The van der Waals surface area contributed by atoms with Gasteiger partial charge in [-0.1, -0.05) is 6.07 Å². The van der Waals surface area contributed by atoms with E-state index in [0.717, 1.165) is 12.1 Å². The van der Waals surface area contributed by atoms with E-state index in [9.17, 15) is 27.9 Å². The van der Waals surface area contributed by atoms with Gasteiger partial charge in [-0.2, -0.15) is 13.2 Å². The monoisotopic (exact) mass is 328 g/mol. The van der Waals surface area contributed by atoms with E-state index < -0.39 is 47.7 Å². The summed E-state index contributed by atoms with van der Waals surface area (Å²) in [6.45, 7) is 0. The Kier molecular flexibility index (Phi) is 3.79. The van der Waals surface area contributed by atoms with Crippen molar-refractivity contribution in [1.29, 1.82) is 0 Å². The van der Waals surface area contributed by atoms with Gasteiger partial charge in [0.05, 0.1) is 23.7 Å². The minimum atomic E-state index is -4.52. The van der Waals surface area contributed by atoms with Crippen LogP contribution in [0.5, 0.6) is 0 Å². The first-order valence-electron chi connectivity index (χ1n) is 7.12. The first-order valence-corrected chi connectivity index (χ1v) is 7.12. The summed E-state index contributed by atoms with van der Waals surface area (Å²) < 4.78 is 43.5. The number of ether oxygens (including phenoxy) is 1. The molecule has 0 aliphatic carbocycles. The molecule has 0 saturated carbocycles. The Labute approximate surface area is 129 Å². The maximum absolute atomic E-state index is 12.7. The van der Waals surface area contributed by atoms with Crippen LogP contribution in [0.15, 0.2) is 24.3 Å². The average molecular weight is 328 g/mol. The molecule has 4 atom stereocenters. The van der Waals surface area contributed by atoms with Crippen molar-refractivity contribution in [2.24, 2.45) is 11.8 Å². The molecule has 2 aliphatic rings. The zero-order valence-electron chi connectivity index (χ0n) is 11.8. The first-order chi connectivity index (χ1) is 10.8. The summed E-state index contributed by atoms with van der Waals surface area (Å²) in [7, 11) is 0. The van der Waals surface area contributed by atoms with Gasteiger partial charge in [-0.25, -0.2) is 0 Å². The van der Waals surface area contributed by atoms with Crippen LogP contribution in [-0.2, 0) is 20.5 Å². The lowest BCUT2D eigenvalue weighted by atomic mass is 9.78. The molecule has 0 spiro atoms. The fraction of sp³-hybridized carbons (Fsp3) is 0.467. The minimum Gasteiger partial charge on any atom is -0.550 e. The molecule has 1 N–H and O–H groups in total. The molecule has 23 heavy (non-hydrogen) atoms. The van der Waals surface area contributed by atoms with Gasteiger partial charge in [-0.05, 0) is 31.0 Å². The number of amides is 1. The number of hydrogen-bond acceptors (Lipinski definition) is 4. The Morgan fingerprint density at radius 2 is 1.83 bits per heavy atom. The lowest BCUT2D eigenvalue weighted by molar-refractivity contribution is -0.313. The number of benzene rings is 1. The summed E-state index contributed by atoms with van der Waals surface area (Å²) >= 11 is 0. The van der Waals surface area contributed by atoms with Crippen LogP contribution in [0.2, 0.25) is 0 Å². The summed E-state index contributed by atoms with van der Waals surface area (Å²) in [6, 6.07) is 4.18. The molecule has 0 aromatic heterocycles. The molecule has 2 heterocycles. The van der Waals surface area contributed by atoms with Crippen LogP contribution in [0, 0.1) is 11.8 Å². The molecule has 3 rings (SSSR count). The number of halogens is 3. The molecule has 5 nitrogen and oxygen atoms in total. The molecule has 1 amide bonds. The second kappa shape index (κ2) is 5.52. The Balaban J connectivity index is 1.78. The van der Waals surface area contributed by atoms with E-state index in [0.29, 0.717) is 12.8 Å². The second-order valence-electron chi connectivity index (χ2n) is 5.73. The molecule has 2 bridgehead atoms. The van der Waals surface area contributed by atoms with Gasteiger partial charge < -0.3 is 20.0 Å². The normalized spacial score (nSPS) is 29.5. The highest BCUT2D eigenvalue weighted by Crippen LogP contribution is 2.43. The van der Waals surface area contributed by atoms with E-state index in [1.165, 1.54) is 12.1 Å². The van der Waals surface area contributed by atoms with Crippen molar-refractivity contribution < 1.29 is 32.6 Å². The maximum atomic E-state index is 12.7. The van der Waals surface area contributed by atoms with Crippen LogP contribution in [-0.4, -0.2) is 24.1 Å². The highest BCUT2D eigenvalue weighted by molar-refractivity contribution is 5.96. The van der Waals surface area contributed by atoms with Gasteiger partial charge in [0.2, 0.25) is 5.91 Å². The fourth-order valence-corrected chi connectivity index (χ4v) is 3.31. The highest BCUT2D eigenvalue weighted by atomic mass is 19.4. The second-order valence-corrected chi connectivity index (χ2v) is 5.73. The summed E-state index contributed by atoms with van der Waals surface area (Å²) in [5.74, 6) is -4.06. The lowest BCUT2D eigenvalue weighted by Gasteiger charge is -2.27. The molecule has 2 fully saturated rings. The van der Waals surface area contributed by atoms with Crippen molar-refractivity contribution >= 4 is 17.6 Å². The SMILES string of the molecule is O=C(Nc1cccc(C(F)(F)F)c1)[C@@H]1[C@H](C(=O)[O-])[C@@H]2CC[C@H]1O2. The number of carboxylic acids is 1. The van der Waals surface area contributed by atoms with Gasteiger partial charge in [-0.3, -0.25) is 4.79 Å². The third-order valence-electron chi connectivity index (χ3n) is 4.31. The van der Waals surface area contributed by atoms with Crippen LogP contribution in [0.4, 0.5) is 18.9 Å². The molecule has 124 valence electrons. The van der Waals surface area contributed by atoms with Crippen molar-refractivity contribution in [2.75, 3.05) is 5.32 Å². The Bertz CT molecular complexity index is 646. The van der Waals surface area contributed by atoms with Crippen LogP contribution < -0.4 is 10.4 Å². The molecular weight excluding hydrogens is 315 g/mol. The lowest BCUT2D eigenvalue weighted by Crippen LogP contribution is -2.46. The predicted octanol–water partition coefficient (Wildman–Crippen LogP) is 1.19. The third kappa shape index (κ3) is 2.90. The smallest absolute Gasteiger partial charge is 0.416 e. The molecule has 1 aromatic rings. The first kappa shape index (κ1) is 15.8. The Morgan fingerprint density at radius 3 is 2.43 bits per heavy atom. The quantitative estimate of drug-likeness (QED) is 0.904.